The molecule has 2 rings (SSSR count). The molecule has 2 aromatic heterocycles. The smallest absolute Gasteiger partial charge is 0.132 e. The summed E-state index contributed by atoms with van der Waals surface area (Å²) in [5.74, 6) is 1.59. The molecule has 2 N–H and O–H groups in total. The minimum absolute atomic E-state index is 0.152. The highest BCUT2D eigenvalue weighted by Crippen LogP contribution is 2.20. The lowest BCUT2D eigenvalue weighted by Gasteiger charge is -2.11. The van der Waals surface area contributed by atoms with Crippen LogP contribution < -0.4 is 10.6 Å². The number of hydrogen-bond acceptors (Lipinski definition) is 6. The molecule has 0 aromatic carbocycles. The number of nitrogens with one attached hydrogen (secondary N) is 2. The van der Waals surface area contributed by atoms with Crippen LogP contribution in [0.2, 0.25) is 0 Å². The predicted octanol–water partition coefficient (Wildman–Crippen LogP) is 2.15. The molecule has 0 aliphatic heterocycles. The minimum Gasteiger partial charge on any atom is -0.373 e. The Bertz CT molecular complexity index is 442. The quantitative estimate of drug-likeness (QED) is 0.850. The van der Waals surface area contributed by atoms with Crippen LogP contribution in [-0.2, 0) is 0 Å². The molecular weight excluding hydrogens is 222 g/mol. The Morgan fingerprint density at radius 1 is 1.25 bits per heavy atom. The van der Waals surface area contributed by atoms with Gasteiger partial charge in [0.05, 0.1) is 6.04 Å². The monoisotopic (exact) mass is 235 g/mol. The third kappa shape index (κ3) is 2.46. The van der Waals surface area contributed by atoms with Crippen LogP contribution in [-0.4, -0.2) is 22.0 Å². The molecule has 0 saturated heterocycles. The summed E-state index contributed by atoms with van der Waals surface area (Å²) < 4.78 is 0. The Morgan fingerprint density at radius 2 is 2.06 bits per heavy atom. The van der Waals surface area contributed by atoms with Crippen LogP contribution in [0.5, 0.6) is 0 Å². The second kappa shape index (κ2) is 4.89. The molecule has 1 atom stereocenters. The van der Waals surface area contributed by atoms with Crippen molar-refractivity contribution in [2.24, 2.45) is 0 Å². The summed E-state index contributed by atoms with van der Waals surface area (Å²) in [6, 6.07) is 2.02. The van der Waals surface area contributed by atoms with E-state index in [0.29, 0.717) is 0 Å². The molecule has 0 aliphatic rings. The summed E-state index contributed by atoms with van der Waals surface area (Å²) in [5, 5.41) is 9.26. The van der Waals surface area contributed by atoms with Gasteiger partial charge in [0.1, 0.15) is 23.0 Å². The second-order valence-corrected chi connectivity index (χ2v) is 4.20. The van der Waals surface area contributed by atoms with Gasteiger partial charge in [-0.2, -0.15) is 0 Å². The number of hydrogen-bond donors (Lipinski definition) is 2. The molecule has 0 fully saturated rings. The zero-order chi connectivity index (χ0) is 11.4. The molecule has 5 nitrogen and oxygen atoms in total. The van der Waals surface area contributed by atoms with E-state index in [1.165, 1.54) is 6.33 Å². The Hall–Kier alpha value is -1.69. The van der Waals surface area contributed by atoms with Gasteiger partial charge in [-0.3, -0.25) is 0 Å². The first-order chi connectivity index (χ1) is 7.79. The average Bonchev–Trinajstić information content (AvgIpc) is 2.83. The molecule has 0 amide bonds. The van der Waals surface area contributed by atoms with Crippen LogP contribution in [0.25, 0.3) is 0 Å². The molecule has 0 aliphatic carbocycles. The van der Waals surface area contributed by atoms with Crippen molar-refractivity contribution in [2.75, 3.05) is 17.7 Å². The van der Waals surface area contributed by atoms with Crippen molar-refractivity contribution in [3.8, 4) is 0 Å². The SMILES string of the molecule is CNc1cc(NC(C)c2nccs2)ncn1. The lowest BCUT2D eigenvalue weighted by molar-refractivity contribution is 0.858. The largest absolute Gasteiger partial charge is 0.373 e. The van der Waals surface area contributed by atoms with Crippen LogP contribution in [0.4, 0.5) is 11.6 Å². The summed E-state index contributed by atoms with van der Waals surface area (Å²) in [4.78, 5) is 12.5. The van der Waals surface area contributed by atoms with Crippen LogP contribution in [0.1, 0.15) is 18.0 Å². The van der Waals surface area contributed by atoms with E-state index in [-0.39, 0.29) is 6.04 Å². The van der Waals surface area contributed by atoms with Crippen molar-refractivity contribution >= 4 is 23.0 Å². The predicted molar refractivity (Wildman–Crippen MR) is 65.7 cm³/mol. The molecule has 1 unspecified atom stereocenters. The summed E-state index contributed by atoms with van der Waals surface area (Å²) in [6.07, 6.45) is 3.33. The van der Waals surface area contributed by atoms with E-state index in [0.717, 1.165) is 16.6 Å². The van der Waals surface area contributed by atoms with E-state index in [9.17, 15) is 0 Å². The lowest BCUT2D eigenvalue weighted by Crippen LogP contribution is -2.08. The van der Waals surface area contributed by atoms with Gasteiger partial charge in [0.2, 0.25) is 0 Å². The molecule has 84 valence electrons. The number of thiazole rings is 1. The highest BCUT2D eigenvalue weighted by molar-refractivity contribution is 7.09. The third-order valence-corrected chi connectivity index (χ3v) is 3.07. The van der Waals surface area contributed by atoms with Gasteiger partial charge in [-0.05, 0) is 6.92 Å². The van der Waals surface area contributed by atoms with E-state index in [1.807, 2.05) is 18.5 Å². The van der Waals surface area contributed by atoms with Crippen LogP contribution in [0.3, 0.4) is 0 Å². The topological polar surface area (TPSA) is 62.7 Å². The van der Waals surface area contributed by atoms with Crippen LogP contribution in [0, 0.1) is 0 Å². The molecule has 2 aromatic rings. The fourth-order valence-corrected chi connectivity index (χ4v) is 1.95. The number of rotatable bonds is 4. The fourth-order valence-electron chi connectivity index (χ4n) is 1.30. The molecule has 0 spiro atoms. The van der Waals surface area contributed by atoms with Crippen molar-refractivity contribution < 1.29 is 0 Å². The highest BCUT2D eigenvalue weighted by Gasteiger charge is 2.08. The summed E-state index contributed by atoms with van der Waals surface area (Å²) >= 11 is 1.63. The van der Waals surface area contributed by atoms with Gasteiger partial charge in [-0.1, -0.05) is 0 Å². The third-order valence-electron chi connectivity index (χ3n) is 2.11. The average molecular weight is 235 g/mol. The van der Waals surface area contributed by atoms with Gasteiger partial charge in [0.25, 0.3) is 0 Å². The minimum atomic E-state index is 0.152. The zero-order valence-electron chi connectivity index (χ0n) is 9.14. The molecule has 0 radical (unpaired) electrons. The van der Waals surface area contributed by atoms with E-state index in [4.69, 9.17) is 0 Å². The first kappa shape index (κ1) is 10.8. The van der Waals surface area contributed by atoms with E-state index >= 15 is 0 Å². The maximum absolute atomic E-state index is 4.25. The van der Waals surface area contributed by atoms with Crippen molar-refractivity contribution in [2.45, 2.75) is 13.0 Å². The summed E-state index contributed by atoms with van der Waals surface area (Å²) in [5.41, 5.74) is 0. The Labute approximate surface area is 98.0 Å². The summed E-state index contributed by atoms with van der Waals surface area (Å²) in [7, 11) is 1.83. The van der Waals surface area contributed by atoms with E-state index in [2.05, 4.69) is 32.5 Å². The standard InChI is InChI=1S/C10H13N5S/c1-7(10-12-3-4-16-10)15-9-5-8(11-2)13-6-14-9/h3-7H,1-2H3,(H2,11,13,14,15). The maximum Gasteiger partial charge on any atom is 0.132 e. The molecule has 0 saturated carbocycles. The number of aromatic nitrogens is 3. The number of anilines is 2. The van der Waals surface area contributed by atoms with Crippen LogP contribution in [0.15, 0.2) is 24.0 Å². The van der Waals surface area contributed by atoms with E-state index < -0.39 is 0 Å². The lowest BCUT2D eigenvalue weighted by atomic mass is 10.3. The van der Waals surface area contributed by atoms with Gasteiger partial charge < -0.3 is 10.6 Å². The first-order valence-electron chi connectivity index (χ1n) is 4.95. The first-order valence-corrected chi connectivity index (χ1v) is 5.83. The van der Waals surface area contributed by atoms with Crippen molar-refractivity contribution in [3.05, 3.63) is 29.0 Å². The van der Waals surface area contributed by atoms with Crippen molar-refractivity contribution in [3.63, 3.8) is 0 Å². The van der Waals surface area contributed by atoms with Gasteiger partial charge in [0.15, 0.2) is 0 Å². The van der Waals surface area contributed by atoms with Gasteiger partial charge in [-0.15, -0.1) is 11.3 Å². The van der Waals surface area contributed by atoms with Gasteiger partial charge in [-0.25, -0.2) is 15.0 Å². The summed E-state index contributed by atoms with van der Waals surface area (Å²) in [6.45, 7) is 2.06. The van der Waals surface area contributed by atoms with Crippen molar-refractivity contribution in [1.29, 1.82) is 0 Å². The number of nitrogens with zero attached hydrogens (tertiary/aromatic N) is 3. The maximum atomic E-state index is 4.25. The molecular formula is C10H13N5S. The molecule has 16 heavy (non-hydrogen) atoms. The normalized spacial score (nSPS) is 12.1. The van der Waals surface area contributed by atoms with Crippen LogP contribution >= 0.6 is 11.3 Å². The molecule has 2 heterocycles. The van der Waals surface area contributed by atoms with Crippen molar-refractivity contribution in [1.82, 2.24) is 15.0 Å². The Morgan fingerprint density at radius 3 is 2.75 bits per heavy atom. The highest BCUT2D eigenvalue weighted by atomic mass is 32.1. The molecule has 0 bridgehead atoms. The Balaban J connectivity index is 2.08. The molecule has 6 heteroatoms. The van der Waals surface area contributed by atoms with E-state index in [1.54, 1.807) is 17.5 Å². The second-order valence-electron chi connectivity index (χ2n) is 3.27. The Kier molecular flexibility index (Phi) is 3.31. The fraction of sp³-hybridized carbons (Fsp3) is 0.300. The van der Waals surface area contributed by atoms with Gasteiger partial charge >= 0.3 is 0 Å². The van der Waals surface area contributed by atoms with Gasteiger partial charge in [0, 0.05) is 24.7 Å². The zero-order valence-corrected chi connectivity index (χ0v) is 9.95.